The van der Waals surface area contributed by atoms with Gasteiger partial charge in [-0.15, -0.1) is 11.3 Å². The third-order valence-corrected chi connectivity index (χ3v) is 4.12. The van der Waals surface area contributed by atoms with Gasteiger partial charge < -0.3 is 5.32 Å². The van der Waals surface area contributed by atoms with Crippen LogP contribution in [-0.2, 0) is 0 Å². The Hall–Kier alpha value is -3.11. The fourth-order valence-electron chi connectivity index (χ4n) is 2.11. The van der Waals surface area contributed by atoms with E-state index in [9.17, 15) is 18.0 Å². The van der Waals surface area contributed by atoms with E-state index in [0.717, 1.165) is 23.2 Å². The highest BCUT2D eigenvalue weighted by Crippen LogP contribution is 2.16. The van der Waals surface area contributed by atoms with Crippen molar-refractivity contribution in [1.29, 1.82) is 0 Å². The molecule has 0 aliphatic heterocycles. The second-order valence-corrected chi connectivity index (χ2v) is 6.34. The Morgan fingerprint density at radius 1 is 1.04 bits per heavy atom. The SMILES string of the molecule is Cc1nc(C#Cc2ccc(F)c(C(=O)Nc3ccc(F)c(F)c3)c2)cs1. The average Bonchev–Trinajstić information content (AvgIpc) is 3.03. The summed E-state index contributed by atoms with van der Waals surface area (Å²) in [6, 6.07) is 6.73. The number of hydrogen-bond acceptors (Lipinski definition) is 3. The predicted molar refractivity (Wildman–Crippen MR) is 93.5 cm³/mol. The van der Waals surface area contributed by atoms with Crippen LogP contribution in [0, 0.1) is 36.2 Å². The number of carbonyl (C=O) groups excluding carboxylic acids is 1. The Morgan fingerprint density at radius 3 is 2.50 bits per heavy atom. The van der Waals surface area contributed by atoms with Gasteiger partial charge in [0.1, 0.15) is 11.5 Å². The zero-order valence-corrected chi connectivity index (χ0v) is 14.3. The molecule has 0 spiro atoms. The first kappa shape index (κ1) is 17.7. The lowest BCUT2D eigenvalue weighted by atomic mass is 10.1. The molecule has 0 bridgehead atoms. The molecule has 7 heteroatoms. The Balaban J connectivity index is 1.83. The highest BCUT2D eigenvalue weighted by atomic mass is 32.1. The lowest BCUT2D eigenvalue weighted by Gasteiger charge is -2.07. The number of aromatic nitrogens is 1. The minimum atomic E-state index is -1.11. The molecule has 1 N–H and O–H groups in total. The number of nitrogens with zero attached hydrogens (tertiary/aromatic N) is 1. The van der Waals surface area contributed by atoms with Gasteiger partial charge in [-0.25, -0.2) is 18.2 Å². The number of rotatable bonds is 2. The quantitative estimate of drug-likeness (QED) is 0.672. The largest absolute Gasteiger partial charge is 0.322 e. The molecule has 0 atom stereocenters. The van der Waals surface area contributed by atoms with Crippen LogP contribution >= 0.6 is 11.3 Å². The molecule has 0 fully saturated rings. The smallest absolute Gasteiger partial charge is 0.258 e. The molecule has 2 aromatic carbocycles. The van der Waals surface area contributed by atoms with Gasteiger partial charge >= 0.3 is 0 Å². The minimum Gasteiger partial charge on any atom is -0.322 e. The summed E-state index contributed by atoms with van der Waals surface area (Å²) in [5.74, 6) is 1.96. The first-order chi connectivity index (χ1) is 12.4. The van der Waals surface area contributed by atoms with E-state index in [0.29, 0.717) is 11.3 Å². The van der Waals surface area contributed by atoms with Crippen LogP contribution in [0.15, 0.2) is 41.8 Å². The van der Waals surface area contributed by atoms with Crippen LogP contribution in [0.3, 0.4) is 0 Å². The summed E-state index contributed by atoms with van der Waals surface area (Å²) in [6.45, 7) is 1.86. The third kappa shape index (κ3) is 4.10. The van der Waals surface area contributed by atoms with Gasteiger partial charge in [0.2, 0.25) is 0 Å². The number of hydrogen-bond donors (Lipinski definition) is 1. The Labute approximate surface area is 151 Å². The maximum absolute atomic E-state index is 14.0. The van der Waals surface area contributed by atoms with Crippen LogP contribution in [-0.4, -0.2) is 10.9 Å². The number of anilines is 1. The van der Waals surface area contributed by atoms with Crippen LogP contribution in [0.2, 0.25) is 0 Å². The first-order valence-corrected chi connectivity index (χ1v) is 8.30. The van der Waals surface area contributed by atoms with E-state index >= 15 is 0 Å². The van der Waals surface area contributed by atoms with E-state index in [2.05, 4.69) is 22.1 Å². The molecule has 0 aliphatic carbocycles. The van der Waals surface area contributed by atoms with E-state index in [4.69, 9.17) is 0 Å². The molecule has 1 amide bonds. The van der Waals surface area contributed by atoms with Crippen molar-refractivity contribution in [1.82, 2.24) is 4.98 Å². The summed E-state index contributed by atoms with van der Waals surface area (Å²) in [7, 11) is 0. The number of carbonyl (C=O) groups is 1. The Morgan fingerprint density at radius 2 is 1.81 bits per heavy atom. The van der Waals surface area contributed by atoms with Gasteiger partial charge in [0, 0.05) is 22.7 Å². The molecule has 3 nitrogen and oxygen atoms in total. The molecule has 1 heterocycles. The predicted octanol–water partition coefficient (Wildman–Crippen LogP) is 4.52. The third-order valence-electron chi connectivity index (χ3n) is 3.34. The minimum absolute atomic E-state index is 0.0164. The van der Waals surface area contributed by atoms with Crippen LogP contribution in [0.25, 0.3) is 0 Å². The van der Waals surface area contributed by atoms with E-state index in [-0.39, 0.29) is 11.3 Å². The Bertz CT molecular complexity index is 1050. The summed E-state index contributed by atoms with van der Waals surface area (Å²) in [4.78, 5) is 16.4. The maximum atomic E-state index is 14.0. The van der Waals surface area contributed by atoms with Crippen LogP contribution in [0.4, 0.5) is 18.9 Å². The normalized spacial score (nSPS) is 10.2. The van der Waals surface area contributed by atoms with Crippen LogP contribution in [0.1, 0.15) is 26.6 Å². The molecule has 0 unspecified atom stereocenters. The van der Waals surface area contributed by atoms with E-state index in [1.807, 2.05) is 6.92 Å². The molecule has 0 aliphatic rings. The van der Waals surface area contributed by atoms with E-state index < -0.39 is 23.4 Å². The van der Waals surface area contributed by atoms with E-state index in [1.165, 1.54) is 29.5 Å². The van der Waals surface area contributed by atoms with Crippen molar-refractivity contribution in [3.8, 4) is 11.8 Å². The summed E-state index contributed by atoms with van der Waals surface area (Å²) < 4.78 is 40.1. The fraction of sp³-hybridized carbons (Fsp3) is 0.0526. The molecule has 1 aromatic heterocycles. The molecule has 3 aromatic rings. The summed E-state index contributed by atoms with van der Waals surface area (Å²) in [6.07, 6.45) is 0. The summed E-state index contributed by atoms with van der Waals surface area (Å²) >= 11 is 1.46. The van der Waals surface area contributed by atoms with Crippen molar-refractivity contribution >= 4 is 22.9 Å². The number of nitrogens with one attached hydrogen (secondary N) is 1. The van der Waals surface area contributed by atoms with Crippen molar-refractivity contribution in [3.63, 3.8) is 0 Å². The second kappa shape index (κ2) is 7.42. The van der Waals surface area contributed by atoms with Gasteiger partial charge in [-0.1, -0.05) is 5.92 Å². The molecule has 3 rings (SSSR count). The number of amides is 1. The highest BCUT2D eigenvalue weighted by molar-refractivity contribution is 7.09. The van der Waals surface area contributed by atoms with Crippen molar-refractivity contribution in [2.75, 3.05) is 5.32 Å². The van der Waals surface area contributed by atoms with Crippen molar-refractivity contribution < 1.29 is 18.0 Å². The first-order valence-electron chi connectivity index (χ1n) is 7.42. The topological polar surface area (TPSA) is 42.0 Å². The molecule has 0 saturated heterocycles. The van der Waals surface area contributed by atoms with Gasteiger partial charge in [-0.3, -0.25) is 4.79 Å². The van der Waals surface area contributed by atoms with Gasteiger partial charge in [0.05, 0.1) is 10.6 Å². The van der Waals surface area contributed by atoms with Crippen molar-refractivity contribution in [2.24, 2.45) is 0 Å². The number of aryl methyl sites for hydroxylation is 1. The van der Waals surface area contributed by atoms with E-state index in [1.54, 1.807) is 5.38 Å². The Kier molecular flexibility index (Phi) is 5.05. The molecule has 0 radical (unpaired) electrons. The zero-order valence-electron chi connectivity index (χ0n) is 13.4. The van der Waals surface area contributed by atoms with Gasteiger partial charge in [-0.2, -0.15) is 0 Å². The summed E-state index contributed by atoms with van der Waals surface area (Å²) in [5, 5.41) is 5.00. The van der Waals surface area contributed by atoms with Gasteiger partial charge in [-0.05, 0) is 43.2 Å². The van der Waals surface area contributed by atoms with Crippen LogP contribution in [0.5, 0.6) is 0 Å². The summed E-state index contributed by atoms with van der Waals surface area (Å²) in [5.41, 5.74) is 0.774. The molecule has 26 heavy (non-hydrogen) atoms. The number of benzene rings is 2. The van der Waals surface area contributed by atoms with Gasteiger partial charge in [0.15, 0.2) is 11.6 Å². The highest BCUT2D eigenvalue weighted by Gasteiger charge is 2.13. The monoisotopic (exact) mass is 372 g/mol. The van der Waals surface area contributed by atoms with Gasteiger partial charge in [0.25, 0.3) is 5.91 Å². The molecular formula is C19H11F3N2OS. The fourth-order valence-corrected chi connectivity index (χ4v) is 2.65. The molecule has 130 valence electrons. The second-order valence-electron chi connectivity index (χ2n) is 5.28. The van der Waals surface area contributed by atoms with Crippen molar-refractivity contribution in [3.05, 3.63) is 81.1 Å². The standard InChI is InChI=1S/C19H11F3N2OS/c1-11-23-14(10-26-11)4-2-12-3-6-16(20)15(8-12)19(25)24-13-5-7-17(21)18(22)9-13/h3,5-10H,1H3,(H,24,25). The molecule has 0 saturated carbocycles. The van der Waals surface area contributed by atoms with Crippen molar-refractivity contribution in [2.45, 2.75) is 6.92 Å². The molecular weight excluding hydrogens is 361 g/mol. The average molecular weight is 372 g/mol. The zero-order chi connectivity index (χ0) is 18.7. The maximum Gasteiger partial charge on any atom is 0.258 e. The lowest BCUT2D eigenvalue weighted by molar-refractivity contribution is 0.102. The van der Waals surface area contributed by atoms with Crippen LogP contribution < -0.4 is 5.32 Å². The number of thiazole rings is 1. The number of halogens is 3. The lowest BCUT2D eigenvalue weighted by Crippen LogP contribution is -2.14.